The zero-order valence-electron chi connectivity index (χ0n) is 31.8. The van der Waals surface area contributed by atoms with Crippen molar-refractivity contribution in [1.82, 2.24) is 10.0 Å². The minimum absolute atomic E-state index is 0.0549. The van der Waals surface area contributed by atoms with Crippen LogP contribution in [0.15, 0.2) is 38.8 Å². The largest absolute Gasteiger partial charge is 0.480 e. The fourth-order valence-electron chi connectivity index (χ4n) is 4.98. The second-order valence-electron chi connectivity index (χ2n) is 12.7. The summed E-state index contributed by atoms with van der Waals surface area (Å²) in [5.74, 6) is -6.46. The number of fused-ring (bicyclic) bond motifs is 1. The first-order chi connectivity index (χ1) is 26.5. The number of esters is 4. The third-order valence-corrected chi connectivity index (χ3v) is 14.9. The molecule has 0 bridgehead atoms. The van der Waals surface area contributed by atoms with Gasteiger partial charge in [0.2, 0.25) is 0 Å². The number of sulfonamides is 1. The van der Waals surface area contributed by atoms with Crippen molar-refractivity contribution in [2.24, 2.45) is 0 Å². The molecule has 22 heteroatoms. The van der Waals surface area contributed by atoms with Crippen molar-refractivity contribution in [3.63, 3.8) is 0 Å². The van der Waals surface area contributed by atoms with E-state index < -0.39 is 102 Å². The van der Waals surface area contributed by atoms with Gasteiger partial charge in [0.15, 0.2) is 46.6 Å². The van der Waals surface area contributed by atoms with Gasteiger partial charge in [0, 0.05) is 17.2 Å². The molecule has 0 unspecified atom stereocenters. The maximum Gasteiger partial charge on any atom is 0.347 e. The summed E-state index contributed by atoms with van der Waals surface area (Å²) in [6.07, 6.45) is -5.96. The van der Waals surface area contributed by atoms with Crippen molar-refractivity contribution < 1.29 is 69.3 Å². The molecule has 1 aliphatic heterocycles. The maximum atomic E-state index is 13.1. The van der Waals surface area contributed by atoms with E-state index in [4.69, 9.17) is 46.9 Å². The van der Waals surface area contributed by atoms with Crippen LogP contribution in [0.1, 0.15) is 83.3 Å². The highest BCUT2D eigenvalue weighted by atomic mass is 35.5. The summed E-state index contributed by atoms with van der Waals surface area (Å²) in [5, 5.41) is 2.10. The maximum absolute atomic E-state index is 13.1. The van der Waals surface area contributed by atoms with Crippen LogP contribution < -0.4 is 14.8 Å². The Morgan fingerprint density at radius 3 is 1.98 bits per heavy atom. The van der Waals surface area contributed by atoms with Gasteiger partial charge in [-0.15, -0.1) is 11.3 Å². The predicted molar refractivity (Wildman–Crippen MR) is 205 cm³/mol. The van der Waals surface area contributed by atoms with Gasteiger partial charge in [-0.05, 0) is 77.8 Å². The molecule has 314 valence electrons. The van der Waals surface area contributed by atoms with Gasteiger partial charge in [-0.3, -0.25) is 9.59 Å². The lowest BCUT2D eigenvalue weighted by molar-refractivity contribution is -0.183. The Labute approximate surface area is 343 Å². The van der Waals surface area contributed by atoms with Crippen LogP contribution in [0.25, 0.3) is 0 Å². The van der Waals surface area contributed by atoms with Crippen molar-refractivity contribution in [1.29, 1.82) is 0 Å². The van der Waals surface area contributed by atoms with Gasteiger partial charge in [0.05, 0.1) is 10.3 Å². The molecule has 6 atom stereocenters. The minimum Gasteiger partial charge on any atom is -0.480 e. The number of ether oxygens (including phenoxy) is 5. The molecule has 3 rings (SSSR count). The minimum atomic E-state index is -4.60. The number of nitrogens with one attached hydrogen (secondary N) is 2. The third kappa shape index (κ3) is 11.5. The second kappa shape index (κ2) is 19.6. The zero-order valence-corrected chi connectivity index (χ0v) is 35.8. The fourth-order valence-corrected chi connectivity index (χ4v) is 10.5. The van der Waals surface area contributed by atoms with E-state index in [-0.39, 0.29) is 37.6 Å². The first-order valence-electron chi connectivity index (χ1n) is 17.3. The Morgan fingerprint density at radius 2 is 1.44 bits per heavy atom. The zero-order chi connectivity index (χ0) is 43.2. The highest BCUT2D eigenvalue weighted by molar-refractivity contribution is 7.95. The summed E-state index contributed by atoms with van der Waals surface area (Å²) < 4.78 is 78.4. The molecule has 0 fully saturated rings. The van der Waals surface area contributed by atoms with Crippen LogP contribution in [-0.4, -0.2) is 95.2 Å². The van der Waals surface area contributed by atoms with Crippen molar-refractivity contribution in [2.45, 2.75) is 105 Å². The molecule has 0 radical (unpaired) electrons. The number of amides is 1. The third-order valence-electron chi connectivity index (χ3n) is 8.32. The predicted octanol–water partition coefficient (Wildman–Crippen LogP) is 4.03. The van der Waals surface area contributed by atoms with E-state index in [2.05, 4.69) is 11.9 Å². The molecule has 17 nitrogen and oxygen atoms in total. The van der Waals surface area contributed by atoms with Crippen molar-refractivity contribution in [3.8, 4) is 5.75 Å². The van der Waals surface area contributed by atoms with Crippen molar-refractivity contribution in [3.05, 3.63) is 51.5 Å². The number of Topliss-reactive ketones (excluding diaryl/α,β-unsaturated/α-hetero) is 1. The number of hydrogen-bond donors (Lipinski definition) is 2. The topological polar surface area (TPSA) is 241 Å². The first kappa shape index (κ1) is 47.3. The van der Waals surface area contributed by atoms with Crippen molar-refractivity contribution in [2.75, 3.05) is 13.2 Å². The van der Waals surface area contributed by atoms with Crippen LogP contribution in [0.3, 0.4) is 0 Å². The number of sulfone groups is 1. The van der Waals surface area contributed by atoms with Gasteiger partial charge in [-0.1, -0.05) is 43.6 Å². The van der Waals surface area contributed by atoms with Gasteiger partial charge in [-0.25, -0.2) is 40.7 Å². The Kier molecular flexibility index (Phi) is 16.2. The lowest BCUT2D eigenvalue weighted by Crippen LogP contribution is -2.41. The van der Waals surface area contributed by atoms with Crippen LogP contribution in [-0.2, 0) is 62.8 Å². The fraction of sp³-hybridized carbons (Fsp3) is 0.486. The number of allylic oxidation sites excluding steroid dienone is 1. The molecule has 57 heavy (non-hydrogen) atoms. The van der Waals surface area contributed by atoms with Gasteiger partial charge in [0.1, 0.15) is 19.2 Å². The van der Waals surface area contributed by atoms with E-state index in [1.54, 1.807) is 11.6 Å². The number of hydrogen-bond acceptors (Lipinski definition) is 17. The van der Waals surface area contributed by atoms with Gasteiger partial charge in [-0.2, -0.15) is 0 Å². The van der Waals surface area contributed by atoms with E-state index in [1.165, 1.54) is 25.1 Å². The summed E-state index contributed by atoms with van der Waals surface area (Å²) in [6, 6.07) is 3.42. The average Bonchev–Trinajstić information content (AvgIpc) is 3.62. The number of halogens is 2. The molecule has 1 aromatic carbocycles. The van der Waals surface area contributed by atoms with E-state index >= 15 is 0 Å². The summed E-state index contributed by atoms with van der Waals surface area (Å²) in [4.78, 5) is 75.2. The number of carbonyl (C=O) groups excluding carboxylic acids is 6. The van der Waals surface area contributed by atoms with Gasteiger partial charge < -0.3 is 29.0 Å². The van der Waals surface area contributed by atoms with Crippen molar-refractivity contribution >= 4 is 90.0 Å². The summed E-state index contributed by atoms with van der Waals surface area (Å²) in [7, 11) is -8.41. The molecule has 0 saturated heterocycles. The van der Waals surface area contributed by atoms with E-state index in [0.717, 1.165) is 27.7 Å². The molecule has 2 aromatic rings. The highest BCUT2D eigenvalue weighted by Crippen LogP contribution is 2.43. The molecule has 1 aromatic heterocycles. The van der Waals surface area contributed by atoms with Crippen LogP contribution in [0.5, 0.6) is 5.75 Å². The highest BCUT2D eigenvalue weighted by Gasteiger charge is 2.40. The molecule has 1 aliphatic rings. The Balaban J connectivity index is 1.49. The molecule has 0 spiro atoms. The van der Waals surface area contributed by atoms with Crippen LogP contribution in [0.2, 0.25) is 10.0 Å². The lowest BCUT2D eigenvalue weighted by atomic mass is 10.0. The number of carbonyl (C=O) groups is 6. The monoisotopic (exact) mass is 896 g/mol. The molecular weight excluding hydrogens is 855 g/mol. The summed E-state index contributed by atoms with van der Waals surface area (Å²) >= 11 is 12.9. The first-order valence-corrected chi connectivity index (χ1v) is 21.9. The lowest BCUT2D eigenvalue weighted by Gasteiger charge is -2.27. The number of ketones is 1. The molecular formula is C35H42Cl2N2O15S3. The molecule has 2 N–H and O–H groups in total. The average molecular weight is 898 g/mol. The summed E-state index contributed by atoms with van der Waals surface area (Å²) in [6.45, 7) is 12.9. The molecule has 0 aliphatic carbocycles. The van der Waals surface area contributed by atoms with E-state index in [0.29, 0.717) is 29.9 Å². The number of benzene rings is 1. The van der Waals surface area contributed by atoms with Gasteiger partial charge >= 0.3 is 23.9 Å². The molecule has 1 amide bonds. The van der Waals surface area contributed by atoms with Crippen LogP contribution >= 0.6 is 34.5 Å². The molecule has 0 saturated carbocycles. The Bertz CT molecular complexity index is 2150. The Morgan fingerprint density at radius 1 is 0.895 bits per heavy atom. The summed E-state index contributed by atoms with van der Waals surface area (Å²) in [5.41, 5.74) is 0.669. The van der Waals surface area contributed by atoms with Gasteiger partial charge in [0.25, 0.3) is 15.9 Å². The van der Waals surface area contributed by atoms with E-state index in [1.807, 2.05) is 6.92 Å². The quantitative estimate of drug-likeness (QED) is 0.0929. The standard InChI is InChI=1S/C35H42Cl2N2O15S3/c1-9-16(3)30(41)22-11-12-25(29(37)28(22)36)50-15-26(40)51-19(6)32(43)53-21(8)34(45)54-20(7)33(44)52-18(5)31(42)39-57(48,49)27-14-23-24(38-10-2)13-17(4)56(46,47)35(23)55-27/h11-12,14,17-21,24,38H,3,9-10,13,15H2,1-2,4-8H3,(H,39,42)/t17-,18-,19-,20-,21-,24-/m0/s1. The normalized spacial score (nSPS) is 18.1. The molecule has 2 heterocycles. The number of thiophene rings is 1. The Hall–Kier alpha value is -4.08. The number of rotatable bonds is 18. The smallest absolute Gasteiger partial charge is 0.347 e. The van der Waals surface area contributed by atoms with E-state index in [9.17, 15) is 45.6 Å². The SMILES string of the molecule is C=C(CC)C(=O)c1ccc(OCC(=O)O[C@@H](C)C(=O)O[C@@H](C)C(=O)O[C@@H](C)C(=O)O[C@@H](C)C(=O)NS(=O)(=O)c2cc3c(s2)S(=O)(=O)[C@@H](C)C[C@@H]3NCC)c(Cl)c1Cl. The second-order valence-corrected chi connectivity index (χ2v) is 18.9. The van der Waals surface area contributed by atoms with Crippen LogP contribution in [0.4, 0.5) is 0 Å². The van der Waals surface area contributed by atoms with Crippen LogP contribution in [0, 0.1) is 0 Å².